The quantitative estimate of drug-likeness (QED) is 0.288. The molecule has 1 saturated carbocycles. The molecule has 3 atom stereocenters. The van der Waals surface area contributed by atoms with Crippen LogP contribution in [0, 0.1) is 5.92 Å². The predicted molar refractivity (Wildman–Crippen MR) is 134 cm³/mol. The van der Waals surface area contributed by atoms with Crippen molar-refractivity contribution in [2.45, 2.75) is 31.3 Å². The summed E-state index contributed by atoms with van der Waals surface area (Å²) in [6.07, 6.45) is 7.89. The molecule has 10 nitrogen and oxygen atoms in total. The number of rotatable bonds is 5. The summed E-state index contributed by atoms with van der Waals surface area (Å²) < 4.78 is 0. The number of hydrogen-bond acceptors (Lipinski definition) is 8. The Morgan fingerprint density at radius 3 is 2.94 bits per heavy atom. The maximum Gasteiger partial charge on any atom is 0.272 e. The van der Waals surface area contributed by atoms with Crippen molar-refractivity contribution in [2.24, 2.45) is 5.92 Å². The lowest BCUT2D eigenvalue weighted by Crippen LogP contribution is -2.39. The van der Waals surface area contributed by atoms with E-state index in [1.807, 2.05) is 24.3 Å². The molecule has 4 heterocycles. The number of aromatic nitrogens is 5. The van der Waals surface area contributed by atoms with Crippen molar-refractivity contribution in [3.8, 4) is 11.4 Å². The predicted octanol–water partition coefficient (Wildman–Crippen LogP) is 3.38. The first-order valence-corrected chi connectivity index (χ1v) is 12.0. The van der Waals surface area contributed by atoms with E-state index in [0.717, 1.165) is 42.3 Å². The van der Waals surface area contributed by atoms with E-state index in [9.17, 15) is 4.79 Å². The fraction of sp³-hybridized carbons (Fsp3) is 0.292. The van der Waals surface area contributed by atoms with Crippen molar-refractivity contribution in [2.75, 3.05) is 17.2 Å². The molecule has 1 aliphatic heterocycles. The molecule has 1 amide bonds. The molecule has 0 spiro atoms. The average molecular weight is 490 g/mol. The molecule has 6 rings (SSSR count). The molecule has 178 valence electrons. The van der Waals surface area contributed by atoms with E-state index in [1.54, 1.807) is 12.3 Å². The van der Waals surface area contributed by atoms with Crippen LogP contribution in [0.4, 0.5) is 11.5 Å². The number of carbonyl (C=O) groups excluding carboxylic acids is 1. The third-order valence-corrected chi connectivity index (χ3v) is 6.96. The van der Waals surface area contributed by atoms with Gasteiger partial charge in [0.2, 0.25) is 0 Å². The monoisotopic (exact) mass is 489 g/mol. The fourth-order valence-electron chi connectivity index (χ4n) is 4.88. The second-order valence-electron chi connectivity index (χ2n) is 9.01. The zero-order chi connectivity index (χ0) is 23.8. The SMILES string of the molecule is O=C(Nc1ccnnc1)c1cc2ccc(-c3ncc(Cl)c(NC4CCC5NNCC5C4)n3)cc2[nH]1. The lowest BCUT2D eigenvalue weighted by Gasteiger charge is -2.31. The first-order valence-electron chi connectivity index (χ1n) is 11.6. The van der Waals surface area contributed by atoms with Crippen LogP contribution < -0.4 is 21.5 Å². The minimum Gasteiger partial charge on any atom is -0.366 e. The highest BCUT2D eigenvalue weighted by Gasteiger charge is 2.34. The number of anilines is 2. The molecule has 1 aromatic carbocycles. The number of aromatic amines is 1. The van der Waals surface area contributed by atoms with Crippen LogP contribution in [0.15, 0.2) is 48.9 Å². The summed E-state index contributed by atoms with van der Waals surface area (Å²) in [5, 5.41) is 15.3. The second kappa shape index (κ2) is 9.21. The maximum atomic E-state index is 12.6. The molecule has 5 N–H and O–H groups in total. The van der Waals surface area contributed by atoms with Gasteiger partial charge in [-0.2, -0.15) is 10.2 Å². The van der Waals surface area contributed by atoms with Gasteiger partial charge in [0.1, 0.15) is 16.5 Å². The highest BCUT2D eigenvalue weighted by atomic mass is 35.5. The van der Waals surface area contributed by atoms with Gasteiger partial charge in [0, 0.05) is 35.1 Å². The first kappa shape index (κ1) is 21.9. The smallest absolute Gasteiger partial charge is 0.272 e. The number of hydrazine groups is 1. The molecule has 4 aromatic rings. The Morgan fingerprint density at radius 1 is 1.11 bits per heavy atom. The number of H-pyrrole nitrogens is 1. The topological polar surface area (TPSA) is 133 Å². The van der Waals surface area contributed by atoms with Gasteiger partial charge >= 0.3 is 0 Å². The van der Waals surface area contributed by atoms with E-state index in [2.05, 4.69) is 41.7 Å². The van der Waals surface area contributed by atoms with Crippen LogP contribution in [-0.4, -0.2) is 49.7 Å². The van der Waals surface area contributed by atoms with E-state index in [1.165, 1.54) is 12.4 Å². The molecule has 3 aromatic heterocycles. The molecule has 0 bridgehead atoms. The molecule has 2 fully saturated rings. The summed E-state index contributed by atoms with van der Waals surface area (Å²) in [5.41, 5.74) is 9.29. The van der Waals surface area contributed by atoms with Gasteiger partial charge in [0.25, 0.3) is 5.91 Å². The van der Waals surface area contributed by atoms with Crippen molar-refractivity contribution in [1.29, 1.82) is 0 Å². The Hall–Kier alpha value is -3.60. The zero-order valence-electron chi connectivity index (χ0n) is 18.8. The molecule has 11 heteroatoms. The van der Waals surface area contributed by atoms with E-state index in [4.69, 9.17) is 16.6 Å². The van der Waals surface area contributed by atoms with E-state index >= 15 is 0 Å². The Labute approximate surface area is 206 Å². The number of carbonyl (C=O) groups is 1. The van der Waals surface area contributed by atoms with Gasteiger partial charge in [-0.05, 0) is 43.4 Å². The first-order chi connectivity index (χ1) is 17.1. The third-order valence-electron chi connectivity index (χ3n) is 6.69. The zero-order valence-corrected chi connectivity index (χ0v) is 19.5. The van der Waals surface area contributed by atoms with Crippen molar-refractivity contribution >= 4 is 39.9 Å². The summed E-state index contributed by atoms with van der Waals surface area (Å²) >= 11 is 6.44. The number of halogens is 1. The number of benzene rings is 1. The Kier molecular flexibility index (Phi) is 5.77. The Bertz CT molecular complexity index is 1380. The summed E-state index contributed by atoms with van der Waals surface area (Å²) in [4.78, 5) is 25.0. The lowest BCUT2D eigenvalue weighted by molar-refractivity contribution is 0.102. The fourth-order valence-corrected chi connectivity index (χ4v) is 5.03. The Morgan fingerprint density at radius 2 is 2.06 bits per heavy atom. The third kappa shape index (κ3) is 4.55. The van der Waals surface area contributed by atoms with Crippen molar-refractivity contribution in [3.63, 3.8) is 0 Å². The summed E-state index contributed by atoms with van der Waals surface area (Å²) in [7, 11) is 0. The Balaban J connectivity index is 1.21. The maximum absolute atomic E-state index is 12.6. The molecule has 0 radical (unpaired) electrons. The minimum atomic E-state index is -0.257. The van der Waals surface area contributed by atoms with Crippen LogP contribution in [0.1, 0.15) is 29.8 Å². The van der Waals surface area contributed by atoms with Crippen molar-refractivity contribution in [3.05, 3.63) is 59.6 Å². The highest BCUT2D eigenvalue weighted by molar-refractivity contribution is 6.32. The summed E-state index contributed by atoms with van der Waals surface area (Å²) in [6.45, 7) is 0.987. The number of nitrogens with zero attached hydrogens (tertiary/aromatic N) is 4. The van der Waals surface area contributed by atoms with Crippen LogP contribution in [0.5, 0.6) is 0 Å². The molecule has 2 aliphatic rings. The molecular formula is C24H24ClN9O. The average Bonchev–Trinajstić information content (AvgIpc) is 3.52. The minimum absolute atomic E-state index is 0.257. The van der Waals surface area contributed by atoms with Gasteiger partial charge in [-0.3, -0.25) is 15.6 Å². The van der Waals surface area contributed by atoms with Gasteiger partial charge in [0.15, 0.2) is 5.82 Å². The van der Waals surface area contributed by atoms with Crippen LogP contribution in [0.3, 0.4) is 0 Å². The molecule has 1 saturated heterocycles. The van der Waals surface area contributed by atoms with Crippen LogP contribution in [0.25, 0.3) is 22.3 Å². The largest absolute Gasteiger partial charge is 0.366 e. The standard InChI is InChI=1S/C24H24ClN9O/c25-18-12-26-22(33-23(18)30-16-3-4-19-15(7-16)10-29-34-19)14-2-1-13-8-21(32-20(13)9-14)24(35)31-17-5-6-27-28-11-17/h1-2,5-6,8-9,11-12,15-16,19,29,32,34H,3-4,7,10H2,(H,26,30,33)(H,27,31,35). The van der Waals surface area contributed by atoms with Gasteiger partial charge in [0.05, 0.1) is 24.3 Å². The number of hydrogen-bond donors (Lipinski definition) is 5. The molecule has 35 heavy (non-hydrogen) atoms. The molecular weight excluding hydrogens is 466 g/mol. The normalized spacial score (nSPS) is 21.6. The highest BCUT2D eigenvalue weighted by Crippen LogP contribution is 2.31. The van der Waals surface area contributed by atoms with E-state index in [0.29, 0.717) is 46.0 Å². The van der Waals surface area contributed by atoms with E-state index < -0.39 is 0 Å². The van der Waals surface area contributed by atoms with Crippen LogP contribution in [0.2, 0.25) is 5.02 Å². The van der Waals surface area contributed by atoms with Gasteiger partial charge in [-0.15, -0.1) is 0 Å². The van der Waals surface area contributed by atoms with Crippen molar-refractivity contribution < 1.29 is 4.79 Å². The van der Waals surface area contributed by atoms with Crippen molar-refractivity contribution in [1.82, 2.24) is 36.0 Å². The number of amides is 1. The lowest BCUT2D eigenvalue weighted by atomic mass is 9.83. The number of nitrogens with one attached hydrogen (secondary N) is 5. The molecule has 1 aliphatic carbocycles. The van der Waals surface area contributed by atoms with Gasteiger partial charge < -0.3 is 15.6 Å². The van der Waals surface area contributed by atoms with Gasteiger partial charge in [-0.25, -0.2) is 9.97 Å². The summed E-state index contributed by atoms with van der Waals surface area (Å²) in [5.74, 6) is 1.57. The van der Waals surface area contributed by atoms with Gasteiger partial charge in [-0.1, -0.05) is 23.7 Å². The van der Waals surface area contributed by atoms with Crippen LogP contribution >= 0.6 is 11.6 Å². The van der Waals surface area contributed by atoms with Crippen LogP contribution in [-0.2, 0) is 0 Å². The second-order valence-corrected chi connectivity index (χ2v) is 9.41. The summed E-state index contributed by atoms with van der Waals surface area (Å²) in [6, 6.07) is 10.2. The number of fused-ring (bicyclic) bond motifs is 2. The van der Waals surface area contributed by atoms with E-state index in [-0.39, 0.29) is 5.91 Å². The molecule has 3 unspecified atom stereocenters.